The summed E-state index contributed by atoms with van der Waals surface area (Å²) in [6, 6.07) is 44.0. The minimum atomic E-state index is 0. The molecule has 11 rings (SSSR count). The predicted octanol–water partition coefficient (Wildman–Crippen LogP) is 34.6. The van der Waals surface area contributed by atoms with Gasteiger partial charge in [-0.3, -0.25) is 0 Å². The largest absolute Gasteiger partial charge is 0.469 e. The molecule has 0 aliphatic rings. The number of hydrogen-bond acceptors (Lipinski definition) is 6. The van der Waals surface area contributed by atoms with Crippen molar-refractivity contribution in [3.63, 3.8) is 0 Å². The van der Waals surface area contributed by atoms with Crippen molar-refractivity contribution in [2.24, 2.45) is 0 Å². The van der Waals surface area contributed by atoms with Gasteiger partial charge in [-0.25, -0.2) is 0 Å². The van der Waals surface area contributed by atoms with E-state index in [-0.39, 0.29) is 29.7 Å². The summed E-state index contributed by atoms with van der Waals surface area (Å²) >= 11 is 5.68. The Labute approximate surface area is 677 Å². The minimum absolute atomic E-state index is 0. The molecule has 108 heavy (non-hydrogen) atoms. The average molecular weight is 1540 g/mol. The summed E-state index contributed by atoms with van der Waals surface area (Å²) < 4.78 is 22.7. The quantitative estimate of drug-likeness (QED) is 0.107. The predicted molar refractivity (Wildman–Crippen MR) is 490 cm³/mol. The molecule has 0 saturated heterocycles. The van der Waals surface area contributed by atoms with E-state index >= 15 is 0 Å². The molecular weight excluding hydrogens is 1380 g/mol. The molecule has 0 saturated carbocycles. The highest BCUT2D eigenvalue weighted by Gasteiger charge is 2.10. The monoisotopic (exact) mass is 1540 g/mol. The number of H-pyrrole nitrogens is 2. The number of aromatic amines is 2. The van der Waals surface area contributed by atoms with Crippen LogP contribution in [-0.4, -0.2) is 23.7 Å². The van der Waals surface area contributed by atoms with Crippen LogP contribution in [0.2, 0.25) is 0 Å². The Kier molecular flexibility index (Phi) is 57.2. The van der Waals surface area contributed by atoms with Gasteiger partial charge in [0.1, 0.15) is 28.8 Å². The molecule has 0 bridgehead atoms. The first-order valence-corrected chi connectivity index (χ1v) is 41.3. The minimum Gasteiger partial charge on any atom is -0.469 e. The molecule has 0 aliphatic heterocycles. The van der Waals surface area contributed by atoms with Crippen LogP contribution in [0.1, 0.15) is 414 Å². The second-order valence-corrected chi connectivity index (χ2v) is 35.1. The van der Waals surface area contributed by atoms with Crippen LogP contribution < -0.4 is 0 Å². The highest BCUT2D eigenvalue weighted by molar-refractivity contribution is 7.12. The number of aryl methyl sites for hydroxylation is 4. The maximum atomic E-state index is 5.61. The van der Waals surface area contributed by atoms with Crippen molar-refractivity contribution in [2.45, 2.75) is 354 Å². The van der Waals surface area contributed by atoms with E-state index in [9.17, 15) is 0 Å². The zero-order valence-corrected chi connectivity index (χ0v) is 74.1. The maximum Gasteiger partial charge on any atom is 0.106 e. The number of nitrogens with zero attached hydrogens (tertiary/aromatic N) is 3. The molecule has 0 fully saturated rings. The van der Waals surface area contributed by atoms with Crippen LogP contribution in [0.3, 0.4) is 0 Å². The molecule has 0 unspecified atom stereocenters. The third-order valence-electron chi connectivity index (χ3n) is 16.6. The Bertz CT molecular complexity index is 3200. The summed E-state index contributed by atoms with van der Waals surface area (Å²) in [5.74, 6) is 12.6. The Morgan fingerprint density at radius 3 is 0.926 bits per heavy atom. The van der Waals surface area contributed by atoms with Gasteiger partial charge >= 0.3 is 0 Å². The van der Waals surface area contributed by atoms with Crippen LogP contribution in [0.5, 0.6) is 0 Å². The Hall–Kier alpha value is -6.66. The van der Waals surface area contributed by atoms with E-state index in [0.717, 1.165) is 28.8 Å². The Morgan fingerprint density at radius 2 is 0.713 bits per heavy atom. The third-order valence-corrected chi connectivity index (χ3v) is 20.8. The van der Waals surface area contributed by atoms with Gasteiger partial charge in [0, 0.05) is 126 Å². The lowest BCUT2D eigenvalue weighted by Gasteiger charge is -2.06. The lowest BCUT2D eigenvalue weighted by molar-refractivity contribution is 0.432. The number of hydrogen-bond donors (Lipinski definition) is 2. The van der Waals surface area contributed by atoms with Crippen molar-refractivity contribution in [1.29, 1.82) is 0 Å². The highest BCUT2D eigenvalue weighted by atomic mass is 32.1. The van der Waals surface area contributed by atoms with Gasteiger partial charge in [0.2, 0.25) is 0 Å². The molecule has 11 heterocycles. The van der Waals surface area contributed by atoms with E-state index in [2.05, 4.69) is 380 Å². The maximum absolute atomic E-state index is 5.61. The van der Waals surface area contributed by atoms with E-state index in [1.165, 1.54) is 58.3 Å². The molecule has 0 atom stereocenters. The average Bonchev–Trinajstić information content (AvgIpc) is 1.76. The molecule has 11 aromatic rings. The van der Waals surface area contributed by atoms with Crippen LogP contribution in [0.15, 0.2) is 183 Å². The van der Waals surface area contributed by atoms with Gasteiger partial charge in [-0.15, -0.1) is 34.0 Å². The van der Waals surface area contributed by atoms with Gasteiger partial charge in [-0.2, -0.15) is 0 Å². The first-order valence-electron chi connectivity index (χ1n) is 38.8. The van der Waals surface area contributed by atoms with Gasteiger partial charge in [-0.05, 0) is 248 Å². The molecule has 0 aromatic carbocycles. The summed E-state index contributed by atoms with van der Waals surface area (Å²) in [7, 11) is 0. The van der Waals surface area contributed by atoms with Crippen molar-refractivity contribution >= 4 is 34.0 Å². The van der Waals surface area contributed by atoms with Crippen molar-refractivity contribution < 1.29 is 13.3 Å². The van der Waals surface area contributed by atoms with E-state index in [4.69, 9.17) is 13.3 Å². The number of aromatic nitrogens is 5. The zero-order valence-electron chi connectivity index (χ0n) is 71.6. The standard InChI is InChI=1S/2C10H17N.C10H16O.C10H16S.2C8H13N.C8H12O.C8H12S.C7H11N.C7H10O.C7H10S.4CH4/c1-8(2)10-5-6-11(7-10)9(3)4;3*1-7(2)9-5-6-10(11-9)8(3)4;1-7(2)9-5-4-8(3)6-9;3*1-6(2)8-5-4-7(3)9-8;1-7(2)8-5-3-4-6-8;2*1-6(2)7-4-3-5-8-7;;;;/h5-9H,1-4H3;5-8,11H,1-4H3;2*5-8H,1-4H3;4-7H,1-3H3;4-6,9H,1-3H3;2*4-6H,1-3H3;3-7H,1-2H3;2*3-6H,1-2H3;4*1H4. The van der Waals surface area contributed by atoms with E-state index in [0.29, 0.717) is 89.1 Å². The molecule has 0 aliphatic carbocycles. The third kappa shape index (κ3) is 44.9. The number of rotatable bonds is 15. The fourth-order valence-electron chi connectivity index (χ4n) is 9.34. The normalized spacial score (nSPS) is 10.5. The first-order chi connectivity index (χ1) is 48.6. The molecule has 0 amide bonds. The summed E-state index contributed by atoms with van der Waals surface area (Å²) in [4.78, 5) is 14.1. The Morgan fingerprint density at radius 1 is 0.306 bits per heavy atom. The summed E-state index contributed by atoms with van der Waals surface area (Å²) in [5, 5.41) is 2.12. The van der Waals surface area contributed by atoms with Gasteiger partial charge in [0.25, 0.3) is 0 Å². The zero-order chi connectivity index (χ0) is 79.1. The second kappa shape index (κ2) is 57.4. The second-order valence-electron chi connectivity index (χ2n) is 31.7. The topological polar surface area (TPSA) is 85.8 Å². The van der Waals surface area contributed by atoms with Crippen molar-refractivity contribution in [3.05, 3.63) is 257 Å². The summed E-state index contributed by atoms with van der Waals surface area (Å²) in [5.41, 5.74) is 8.02. The van der Waals surface area contributed by atoms with Gasteiger partial charge in [-0.1, -0.05) is 202 Å². The van der Waals surface area contributed by atoms with E-state index in [1.54, 1.807) is 6.26 Å². The highest BCUT2D eigenvalue weighted by Crippen LogP contribution is 2.30. The summed E-state index contributed by atoms with van der Waals surface area (Å²) in [6.45, 7) is 73.9. The molecule has 8 nitrogen and oxygen atoms in total. The summed E-state index contributed by atoms with van der Waals surface area (Å²) in [6.07, 6.45) is 14.5. The van der Waals surface area contributed by atoms with E-state index in [1.807, 2.05) is 77.3 Å². The fraction of sp³-hybridized carbons (Fsp3) is 0.546. The molecule has 612 valence electrons. The van der Waals surface area contributed by atoms with E-state index < -0.39 is 0 Å². The molecule has 0 spiro atoms. The van der Waals surface area contributed by atoms with Crippen LogP contribution >= 0.6 is 34.0 Å². The first kappa shape index (κ1) is 108. The van der Waals surface area contributed by atoms with Crippen molar-refractivity contribution in [2.75, 3.05) is 0 Å². The SMILES string of the molecule is C.C.C.C.CC(C)c1ccc(C(C)C)[nH]1.CC(C)c1ccc(C(C)C)o1.CC(C)c1ccc(C(C)C)s1.CC(C)c1ccco1.CC(C)c1cccs1.CC(C)c1ccn(C(C)C)c1.CC(C)n1cccc1.Cc1ccc(C(C)C)[nH]1.Cc1ccc(C(C)C)o1.Cc1ccc(C(C)C)s1.Cc1ccn(C(C)C)c1. The van der Waals surface area contributed by atoms with Crippen LogP contribution in [0.25, 0.3) is 0 Å². The van der Waals surface area contributed by atoms with Gasteiger partial charge in [0.05, 0.1) is 6.26 Å². The molecule has 0 radical (unpaired) electrons. The Balaban J connectivity index is -0.000000550. The lowest BCUT2D eigenvalue weighted by atomic mass is 10.1. The van der Waals surface area contributed by atoms with Crippen molar-refractivity contribution in [1.82, 2.24) is 23.7 Å². The van der Waals surface area contributed by atoms with Crippen molar-refractivity contribution in [3.8, 4) is 0 Å². The smallest absolute Gasteiger partial charge is 0.106 e. The van der Waals surface area contributed by atoms with Gasteiger partial charge in [0.15, 0.2) is 0 Å². The molecular formula is C97H163N5O3S3. The van der Waals surface area contributed by atoms with Crippen LogP contribution in [-0.2, 0) is 0 Å². The molecule has 11 heteroatoms. The number of furan rings is 3. The fourth-order valence-corrected chi connectivity index (χ4v) is 12.0. The van der Waals surface area contributed by atoms with Crippen LogP contribution in [0, 0.1) is 27.7 Å². The molecule has 11 aromatic heterocycles. The van der Waals surface area contributed by atoms with Gasteiger partial charge < -0.3 is 36.9 Å². The number of nitrogens with one attached hydrogen (secondary N) is 2. The van der Waals surface area contributed by atoms with Crippen LogP contribution in [0.4, 0.5) is 0 Å². The lowest BCUT2D eigenvalue weighted by Crippen LogP contribution is -1.96. The molecule has 2 N–H and O–H groups in total. The number of thiophene rings is 3.